The first-order valence-corrected chi connectivity index (χ1v) is 4.20. The Hall–Kier alpha value is -2.04. The van der Waals surface area contributed by atoms with E-state index in [4.69, 9.17) is 0 Å². The van der Waals surface area contributed by atoms with E-state index in [0.717, 1.165) is 11.5 Å². The van der Waals surface area contributed by atoms with Crippen LogP contribution in [0.4, 0.5) is 11.6 Å². The summed E-state index contributed by atoms with van der Waals surface area (Å²) in [5.41, 5.74) is 0.787. The molecule has 0 fully saturated rings. The number of rotatable bonds is 2. The number of hydrogen-bond acceptors (Lipinski definition) is 4. The van der Waals surface area contributed by atoms with Gasteiger partial charge in [0.25, 0.3) is 5.95 Å². The summed E-state index contributed by atoms with van der Waals surface area (Å²) in [6.45, 7) is 1.81. The van der Waals surface area contributed by atoms with Crippen molar-refractivity contribution in [1.29, 1.82) is 0 Å². The van der Waals surface area contributed by atoms with E-state index in [1.807, 2.05) is 37.3 Å². The molecule has 0 bridgehead atoms. The summed E-state index contributed by atoms with van der Waals surface area (Å²) in [5, 5.41) is 14.4. The Bertz CT molecular complexity index is 431. The van der Waals surface area contributed by atoms with Crippen LogP contribution in [0.15, 0.2) is 40.6 Å². The van der Waals surface area contributed by atoms with E-state index in [0.29, 0.717) is 5.95 Å². The van der Waals surface area contributed by atoms with Crippen LogP contribution in [0.1, 0.15) is 5.82 Å². The zero-order chi connectivity index (χ0) is 9.80. The minimum absolute atomic E-state index is 0.353. The first-order chi connectivity index (χ1) is 6.84. The van der Waals surface area contributed by atoms with Gasteiger partial charge in [0.2, 0.25) is 0 Å². The molecule has 0 aliphatic rings. The molecule has 0 atom stereocenters. The SMILES string of the molecule is Cc1nc(N=Nc2ccccc2)n[nH]1. The molecule has 0 spiro atoms. The van der Waals surface area contributed by atoms with Gasteiger partial charge in [-0.3, -0.25) is 5.10 Å². The summed E-state index contributed by atoms with van der Waals surface area (Å²) in [5.74, 6) is 1.08. The highest BCUT2D eigenvalue weighted by atomic mass is 15.3. The molecule has 1 aromatic heterocycles. The van der Waals surface area contributed by atoms with Gasteiger partial charge in [-0.15, -0.1) is 15.3 Å². The second-order valence-corrected chi connectivity index (χ2v) is 2.76. The third kappa shape index (κ3) is 2.01. The molecule has 5 nitrogen and oxygen atoms in total. The summed E-state index contributed by atoms with van der Waals surface area (Å²) in [6.07, 6.45) is 0. The van der Waals surface area contributed by atoms with Crippen molar-refractivity contribution in [3.05, 3.63) is 36.2 Å². The minimum atomic E-state index is 0.353. The van der Waals surface area contributed by atoms with Gasteiger partial charge >= 0.3 is 0 Å². The first kappa shape index (κ1) is 8.55. The van der Waals surface area contributed by atoms with E-state index in [9.17, 15) is 0 Å². The Balaban J connectivity index is 2.15. The maximum absolute atomic E-state index is 4.00. The van der Waals surface area contributed by atoms with Crippen LogP contribution in [0.5, 0.6) is 0 Å². The maximum atomic E-state index is 4.00. The Morgan fingerprint density at radius 2 is 1.93 bits per heavy atom. The lowest BCUT2D eigenvalue weighted by Gasteiger charge is -1.86. The van der Waals surface area contributed by atoms with Gasteiger partial charge in [-0.2, -0.15) is 4.98 Å². The van der Waals surface area contributed by atoms with Gasteiger partial charge in [0.05, 0.1) is 5.69 Å². The van der Waals surface area contributed by atoms with Crippen molar-refractivity contribution in [2.45, 2.75) is 6.92 Å². The van der Waals surface area contributed by atoms with E-state index in [1.54, 1.807) is 0 Å². The van der Waals surface area contributed by atoms with Crippen LogP contribution in [0.3, 0.4) is 0 Å². The molecule has 0 amide bonds. The van der Waals surface area contributed by atoms with Crippen molar-refractivity contribution in [2.24, 2.45) is 10.2 Å². The normalized spacial score (nSPS) is 10.9. The third-order valence-electron chi connectivity index (χ3n) is 1.60. The lowest BCUT2D eigenvalue weighted by molar-refractivity contribution is 1.02. The van der Waals surface area contributed by atoms with Crippen molar-refractivity contribution < 1.29 is 0 Å². The molecule has 0 saturated heterocycles. The van der Waals surface area contributed by atoms with Gasteiger partial charge in [0.15, 0.2) is 0 Å². The second kappa shape index (κ2) is 3.78. The predicted octanol–water partition coefficient (Wildman–Crippen LogP) is 2.53. The maximum Gasteiger partial charge on any atom is 0.287 e. The van der Waals surface area contributed by atoms with Gasteiger partial charge < -0.3 is 0 Å². The smallest absolute Gasteiger partial charge is 0.261 e. The summed E-state index contributed by atoms with van der Waals surface area (Å²) < 4.78 is 0. The fraction of sp³-hybridized carbons (Fsp3) is 0.111. The monoisotopic (exact) mass is 187 g/mol. The van der Waals surface area contributed by atoms with Crippen LogP contribution in [-0.4, -0.2) is 15.2 Å². The van der Waals surface area contributed by atoms with E-state index in [2.05, 4.69) is 25.4 Å². The number of benzene rings is 1. The quantitative estimate of drug-likeness (QED) is 0.734. The molecule has 2 rings (SSSR count). The lowest BCUT2D eigenvalue weighted by Crippen LogP contribution is -1.69. The highest BCUT2D eigenvalue weighted by Crippen LogP contribution is 2.13. The van der Waals surface area contributed by atoms with E-state index < -0.39 is 0 Å². The van der Waals surface area contributed by atoms with Crippen molar-refractivity contribution in [3.8, 4) is 0 Å². The Labute approximate surface area is 80.9 Å². The third-order valence-corrected chi connectivity index (χ3v) is 1.60. The van der Waals surface area contributed by atoms with Gasteiger partial charge in [0.1, 0.15) is 5.82 Å². The molecule has 0 unspecified atom stereocenters. The number of aromatic amines is 1. The number of aromatic nitrogens is 3. The lowest BCUT2D eigenvalue weighted by atomic mass is 10.3. The number of aryl methyl sites for hydroxylation is 1. The highest BCUT2D eigenvalue weighted by molar-refractivity contribution is 5.35. The molecule has 0 aliphatic carbocycles. The zero-order valence-electron chi connectivity index (χ0n) is 7.68. The fourth-order valence-electron chi connectivity index (χ4n) is 0.973. The Kier molecular flexibility index (Phi) is 2.31. The van der Waals surface area contributed by atoms with Gasteiger partial charge in [-0.05, 0) is 19.1 Å². The standard InChI is InChI=1S/C9H9N5/c1-7-10-9(13-11-7)14-12-8-5-3-2-4-6-8/h2-6H,1H3,(H,10,11,13). The zero-order valence-corrected chi connectivity index (χ0v) is 7.68. The topological polar surface area (TPSA) is 66.3 Å². The van der Waals surface area contributed by atoms with Crippen molar-refractivity contribution in [1.82, 2.24) is 15.2 Å². The number of nitrogens with one attached hydrogen (secondary N) is 1. The number of azo groups is 1. The van der Waals surface area contributed by atoms with E-state index in [-0.39, 0.29) is 0 Å². The van der Waals surface area contributed by atoms with Crippen LogP contribution in [0.2, 0.25) is 0 Å². The molecule has 1 heterocycles. The first-order valence-electron chi connectivity index (χ1n) is 4.20. The molecule has 0 saturated carbocycles. The van der Waals surface area contributed by atoms with Crippen LogP contribution in [0, 0.1) is 6.92 Å². The molecule has 70 valence electrons. The molecule has 5 heteroatoms. The van der Waals surface area contributed by atoms with E-state index in [1.165, 1.54) is 0 Å². The molecule has 1 N–H and O–H groups in total. The Morgan fingerprint density at radius 1 is 1.14 bits per heavy atom. The fourth-order valence-corrected chi connectivity index (χ4v) is 0.973. The predicted molar refractivity (Wildman–Crippen MR) is 51.7 cm³/mol. The molecule has 0 aliphatic heterocycles. The van der Waals surface area contributed by atoms with Crippen molar-refractivity contribution >= 4 is 11.6 Å². The van der Waals surface area contributed by atoms with Gasteiger partial charge in [-0.25, -0.2) is 0 Å². The highest BCUT2D eigenvalue weighted by Gasteiger charge is 1.95. The second-order valence-electron chi connectivity index (χ2n) is 2.76. The summed E-state index contributed by atoms with van der Waals surface area (Å²) in [7, 11) is 0. The van der Waals surface area contributed by atoms with Crippen LogP contribution >= 0.6 is 0 Å². The van der Waals surface area contributed by atoms with Crippen molar-refractivity contribution in [3.63, 3.8) is 0 Å². The van der Waals surface area contributed by atoms with Crippen molar-refractivity contribution in [2.75, 3.05) is 0 Å². The average molecular weight is 187 g/mol. The van der Waals surface area contributed by atoms with Crippen LogP contribution in [0.25, 0.3) is 0 Å². The number of hydrogen-bond donors (Lipinski definition) is 1. The van der Waals surface area contributed by atoms with Gasteiger partial charge in [-0.1, -0.05) is 18.2 Å². The summed E-state index contributed by atoms with van der Waals surface area (Å²) in [6, 6.07) is 9.46. The van der Waals surface area contributed by atoms with Gasteiger partial charge in [0, 0.05) is 0 Å². The average Bonchev–Trinajstić information content (AvgIpc) is 2.63. The largest absolute Gasteiger partial charge is 0.287 e. The van der Waals surface area contributed by atoms with E-state index >= 15 is 0 Å². The summed E-state index contributed by atoms with van der Waals surface area (Å²) in [4.78, 5) is 4.00. The molecular formula is C9H9N5. The number of H-pyrrole nitrogens is 1. The molecule has 1 aromatic carbocycles. The van der Waals surface area contributed by atoms with Crippen LogP contribution < -0.4 is 0 Å². The molecule has 14 heavy (non-hydrogen) atoms. The van der Waals surface area contributed by atoms with Crippen LogP contribution in [-0.2, 0) is 0 Å². The molecular weight excluding hydrogens is 178 g/mol. The Morgan fingerprint density at radius 3 is 2.57 bits per heavy atom. The molecule has 0 radical (unpaired) electrons. The minimum Gasteiger partial charge on any atom is -0.261 e. The number of nitrogens with zero attached hydrogens (tertiary/aromatic N) is 4. The molecule has 2 aromatic rings. The summed E-state index contributed by atoms with van der Waals surface area (Å²) >= 11 is 0.